The number of nitrogens with zero attached hydrogens (tertiary/aromatic N) is 4. The van der Waals surface area contributed by atoms with Crippen LogP contribution in [0.1, 0.15) is 43.0 Å². The van der Waals surface area contributed by atoms with Crippen molar-refractivity contribution in [3.05, 3.63) is 175 Å². The zero-order chi connectivity index (χ0) is 39.3. The Bertz CT molecular complexity index is 2500. The predicted octanol–water partition coefficient (Wildman–Crippen LogP) is 8.75. The van der Waals surface area contributed by atoms with Gasteiger partial charge >= 0.3 is 0 Å². The van der Waals surface area contributed by atoms with Gasteiger partial charge in [-0.05, 0) is 58.7 Å². The Labute approximate surface area is 334 Å². The van der Waals surface area contributed by atoms with Crippen molar-refractivity contribution in [3.8, 4) is 0 Å². The molecule has 7 rings (SSSR count). The Kier molecular flexibility index (Phi) is 11.6. The van der Waals surface area contributed by atoms with Gasteiger partial charge in [0, 0.05) is 71.6 Å². The second-order valence-electron chi connectivity index (χ2n) is 14.0. The highest BCUT2D eigenvalue weighted by molar-refractivity contribution is 7.99. The Morgan fingerprint density at radius 2 is 0.893 bits per heavy atom. The van der Waals surface area contributed by atoms with E-state index in [2.05, 4.69) is 0 Å². The SMILES string of the molecule is CN(C)c1ccc2c(SCc3ccccc3CSc3c(C=O)c(=O)n(Cc4ccccc4)c4cc(N(C)C)ccc34)c(C=O)c(=O)n(Cc3ccccc3)c2c1. The van der Waals surface area contributed by atoms with Crippen LogP contribution in [0.2, 0.25) is 0 Å². The number of hydrogen-bond acceptors (Lipinski definition) is 8. The van der Waals surface area contributed by atoms with E-state index in [1.54, 1.807) is 9.13 Å². The fourth-order valence-electron chi connectivity index (χ4n) is 6.92. The molecule has 0 saturated carbocycles. The van der Waals surface area contributed by atoms with Crippen molar-refractivity contribution >= 4 is 69.3 Å². The molecule has 0 aliphatic heterocycles. The van der Waals surface area contributed by atoms with E-state index in [0.29, 0.717) is 47.0 Å². The highest BCUT2D eigenvalue weighted by Crippen LogP contribution is 2.37. The summed E-state index contributed by atoms with van der Waals surface area (Å²) in [7, 11) is 7.84. The molecule has 56 heavy (non-hydrogen) atoms. The maximum atomic E-state index is 14.1. The number of thioether (sulfide) groups is 2. The van der Waals surface area contributed by atoms with Crippen molar-refractivity contribution in [3.63, 3.8) is 0 Å². The van der Waals surface area contributed by atoms with E-state index in [1.165, 1.54) is 23.5 Å². The summed E-state index contributed by atoms with van der Waals surface area (Å²) in [6.45, 7) is 0.674. The minimum Gasteiger partial charge on any atom is -0.378 e. The molecule has 0 amide bonds. The molecule has 0 N–H and O–H groups in total. The van der Waals surface area contributed by atoms with Gasteiger partial charge in [0.15, 0.2) is 12.6 Å². The van der Waals surface area contributed by atoms with Gasteiger partial charge in [0.25, 0.3) is 11.1 Å². The first-order chi connectivity index (χ1) is 27.2. The molecule has 0 atom stereocenters. The van der Waals surface area contributed by atoms with Gasteiger partial charge in [0.2, 0.25) is 0 Å². The third-order valence-electron chi connectivity index (χ3n) is 9.97. The fourth-order valence-corrected chi connectivity index (χ4v) is 9.33. The number of fused-ring (bicyclic) bond motifs is 2. The first-order valence-electron chi connectivity index (χ1n) is 18.2. The lowest BCUT2D eigenvalue weighted by molar-refractivity contribution is 0.111. The number of benzene rings is 5. The summed E-state index contributed by atoms with van der Waals surface area (Å²) >= 11 is 2.94. The minimum atomic E-state index is -0.328. The Balaban J connectivity index is 1.24. The molecular weight excluding hydrogens is 737 g/mol. The summed E-state index contributed by atoms with van der Waals surface area (Å²) in [5.41, 5.74) is 7.01. The number of anilines is 2. The normalized spacial score (nSPS) is 11.2. The third-order valence-corrected chi connectivity index (χ3v) is 12.3. The lowest BCUT2D eigenvalue weighted by Crippen LogP contribution is -2.26. The van der Waals surface area contributed by atoms with Gasteiger partial charge in [-0.1, -0.05) is 84.9 Å². The number of carbonyl (C=O) groups excluding carboxylic acids is 2. The standard InChI is InChI=1S/C46H42N4O4S2/c1-47(2)35-19-21-37-41(23-35)49(25-31-13-7-5-8-14-31)45(53)39(27-51)43(37)55-29-33-17-11-12-18-34(33)30-56-44-38-22-20-36(48(3)4)24-42(38)50(46(54)40(44)28-52)26-32-15-9-6-10-16-32/h5-24,27-28H,25-26,29-30H2,1-4H3. The van der Waals surface area contributed by atoms with E-state index in [1.807, 2.05) is 159 Å². The average Bonchev–Trinajstić information content (AvgIpc) is 3.22. The molecule has 5 aromatic carbocycles. The van der Waals surface area contributed by atoms with Crippen molar-refractivity contribution in [2.75, 3.05) is 38.0 Å². The van der Waals surface area contributed by atoms with Crippen LogP contribution in [0.25, 0.3) is 21.8 Å². The number of carbonyl (C=O) groups is 2. The van der Waals surface area contributed by atoms with Crippen LogP contribution in [0, 0.1) is 0 Å². The first-order valence-corrected chi connectivity index (χ1v) is 20.2. The molecule has 0 fully saturated rings. The van der Waals surface area contributed by atoms with E-state index in [9.17, 15) is 19.2 Å². The first kappa shape index (κ1) is 38.4. The van der Waals surface area contributed by atoms with Crippen molar-refractivity contribution in [2.24, 2.45) is 0 Å². The average molecular weight is 779 g/mol. The van der Waals surface area contributed by atoms with E-state index in [-0.39, 0.29) is 22.2 Å². The van der Waals surface area contributed by atoms with E-state index in [0.717, 1.165) is 55.4 Å². The van der Waals surface area contributed by atoms with Crippen molar-refractivity contribution in [1.82, 2.24) is 9.13 Å². The maximum absolute atomic E-state index is 14.1. The van der Waals surface area contributed by atoms with E-state index in [4.69, 9.17) is 0 Å². The molecule has 0 spiro atoms. The van der Waals surface area contributed by atoms with Crippen LogP contribution in [0.15, 0.2) is 141 Å². The van der Waals surface area contributed by atoms with Crippen molar-refractivity contribution < 1.29 is 9.59 Å². The van der Waals surface area contributed by atoms with E-state index < -0.39 is 0 Å². The third kappa shape index (κ3) is 7.80. The maximum Gasteiger partial charge on any atom is 0.263 e. The molecule has 0 aliphatic carbocycles. The number of aromatic nitrogens is 2. The molecule has 2 aromatic heterocycles. The van der Waals surface area contributed by atoms with Gasteiger partial charge < -0.3 is 18.9 Å². The van der Waals surface area contributed by atoms with Gasteiger partial charge in [-0.15, -0.1) is 23.5 Å². The zero-order valence-electron chi connectivity index (χ0n) is 31.8. The lowest BCUT2D eigenvalue weighted by atomic mass is 10.1. The monoisotopic (exact) mass is 778 g/mol. The van der Waals surface area contributed by atoms with Gasteiger partial charge in [0.05, 0.1) is 35.2 Å². The Morgan fingerprint density at radius 1 is 0.518 bits per heavy atom. The second kappa shape index (κ2) is 16.9. The van der Waals surface area contributed by atoms with Crippen LogP contribution in [0.5, 0.6) is 0 Å². The highest BCUT2D eigenvalue weighted by atomic mass is 32.2. The van der Waals surface area contributed by atoms with Gasteiger partial charge in [0.1, 0.15) is 0 Å². The van der Waals surface area contributed by atoms with Crippen LogP contribution >= 0.6 is 23.5 Å². The topological polar surface area (TPSA) is 84.6 Å². The van der Waals surface area contributed by atoms with Crippen LogP contribution in [-0.4, -0.2) is 49.9 Å². The largest absolute Gasteiger partial charge is 0.378 e. The Morgan fingerprint density at radius 3 is 1.25 bits per heavy atom. The Hall–Kier alpha value is -5.84. The van der Waals surface area contributed by atoms with Crippen LogP contribution in [0.3, 0.4) is 0 Å². The van der Waals surface area contributed by atoms with Crippen molar-refractivity contribution in [2.45, 2.75) is 34.4 Å². The summed E-state index contributed by atoms with van der Waals surface area (Å²) < 4.78 is 3.39. The zero-order valence-corrected chi connectivity index (χ0v) is 33.4. The number of pyridine rings is 2. The quantitative estimate of drug-likeness (QED) is 0.0801. The summed E-state index contributed by atoms with van der Waals surface area (Å²) in [5, 5.41) is 1.67. The second-order valence-corrected chi connectivity index (χ2v) is 16.0. The summed E-state index contributed by atoms with van der Waals surface area (Å²) in [6.07, 6.45) is 1.36. The van der Waals surface area contributed by atoms with Gasteiger partial charge in [-0.25, -0.2) is 0 Å². The molecule has 0 bridgehead atoms. The van der Waals surface area contributed by atoms with E-state index >= 15 is 0 Å². The van der Waals surface area contributed by atoms with Gasteiger partial charge in [-0.2, -0.15) is 0 Å². The summed E-state index contributed by atoms with van der Waals surface area (Å²) in [4.78, 5) is 58.8. The molecule has 0 radical (unpaired) electrons. The minimum absolute atomic E-state index is 0.137. The molecule has 0 aliphatic rings. The van der Waals surface area contributed by atoms with Gasteiger partial charge in [-0.3, -0.25) is 19.2 Å². The fraction of sp³-hybridized carbons (Fsp3) is 0.174. The molecular formula is C46H42N4O4S2. The molecule has 2 heterocycles. The highest BCUT2D eigenvalue weighted by Gasteiger charge is 2.21. The summed E-state index contributed by atoms with van der Waals surface area (Å²) in [6, 6.07) is 39.6. The molecule has 282 valence electrons. The van der Waals surface area contributed by atoms with Crippen LogP contribution in [0.4, 0.5) is 11.4 Å². The molecule has 0 unspecified atom stereocenters. The smallest absolute Gasteiger partial charge is 0.263 e. The predicted molar refractivity (Wildman–Crippen MR) is 232 cm³/mol. The van der Waals surface area contributed by atoms with Crippen LogP contribution < -0.4 is 20.9 Å². The number of aldehydes is 2. The molecule has 0 saturated heterocycles. The number of hydrogen-bond donors (Lipinski definition) is 0. The van der Waals surface area contributed by atoms with Crippen molar-refractivity contribution in [1.29, 1.82) is 0 Å². The lowest BCUT2D eigenvalue weighted by Gasteiger charge is -2.20. The van der Waals surface area contributed by atoms with Crippen LogP contribution in [-0.2, 0) is 24.6 Å². The molecule has 10 heteroatoms. The molecule has 7 aromatic rings. The number of rotatable bonds is 14. The molecule has 8 nitrogen and oxygen atoms in total. The summed E-state index contributed by atoms with van der Waals surface area (Å²) in [5.74, 6) is 0.993.